The first-order valence-corrected chi connectivity index (χ1v) is 7.85. The van der Waals surface area contributed by atoms with Gasteiger partial charge in [-0.05, 0) is 61.4 Å². The molecule has 0 atom stereocenters. The van der Waals surface area contributed by atoms with Crippen LogP contribution in [0.25, 0.3) is 0 Å². The van der Waals surface area contributed by atoms with Gasteiger partial charge < -0.3 is 15.0 Å². The fourth-order valence-electron chi connectivity index (χ4n) is 2.03. The number of rotatable bonds is 7. The summed E-state index contributed by atoms with van der Waals surface area (Å²) in [6, 6.07) is 11.9. The van der Waals surface area contributed by atoms with E-state index in [1.165, 1.54) is 12.1 Å². The van der Waals surface area contributed by atoms with Crippen LogP contribution in [0, 0.1) is 5.41 Å². The fraction of sp³-hybridized carbons (Fsp3) is 0.263. The minimum atomic E-state index is -4.35. The quantitative estimate of drug-likeness (QED) is 0.551. The summed E-state index contributed by atoms with van der Waals surface area (Å²) < 4.78 is 42.9. The molecule has 0 aliphatic carbocycles. The molecule has 2 rings (SSSR count). The number of nitrogens with zero attached hydrogens (tertiary/aromatic N) is 1. The number of ether oxygens (including phenoxy) is 1. The Kier molecular flexibility index (Phi) is 6.38. The molecule has 0 amide bonds. The molecule has 0 spiro atoms. The van der Waals surface area contributed by atoms with E-state index < -0.39 is 11.7 Å². The van der Waals surface area contributed by atoms with Crippen LogP contribution in [0.5, 0.6) is 5.75 Å². The van der Waals surface area contributed by atoms with E-state index in [1.807, 2.05) is 12.1 Å². The molecule has 0 bridgehead atoms. The molecule has 0 radical (unpaired) electrons. The Bertz CT molecular complexity index is 767. The molecular weight excluding hydrogens is 345 g/mol. The summed E-state index contributed by atoms with van der Waals surface area (Å²) in [6.07, 6.45) is -4.35. The van der Waals surface area contributed by atoms with Crippen LogP contribution in [0.4, 0.5) is 13.2 Å². The molecule has 7 heteroatoms. The molecular formula is C19H19F3N2O2. The van der Waals surface area contributed by atoms with Crippen molar-refractivity contribution >= 4 is 11.4 Å². The van der Waals surface area contributed by atoms with Crippen LogP contribution in [0.3, 0.4) is 0 Å². The third-order valence-corrected chi connectivity index (χ3v) is 3.44. The van der Waals surface area contributed by atoms with E-state index in [-0.39, 0.29) is 13.2 Å². The molecule has 0 fully saturated rings. The summed E-state index contributed by atoms with van der Waals surface area (Å²) in [4.78, 5) is 5.22. The van der Waals surface area contributed by atoms with E-state index in [1.54, 1.807) is 26.0 Å². The van der Waals surface area contributed by atoms with Crippen molar-refractivity contribution < 1.29 is 22.7 Å². The maximum Gasteiger partial charge on any atom is 0.416 e. The normalized spacial score (nSPS) is 12.0. The summed E-state index contributed by atoms with van der Waals surface area (Å²) in [6.45, 7) is 3.75. The van der Waals surface area contributed by atoms with E-state index in [4.69, 9.17) is 15.0 Å². The van der Waals surface area contributed by atoms with Crippen molar-refractivity contribution in [3.05, 3.63) is 65.2 Å². The van der Waals surface area contributed by atoms with Crippen LogP contribution in [0.15, 0.2) is 53.7 Å². The molecule has 0 aliphatic heterocycles. The predicted octanol–water partition coefficient (Wildman–Crippen LogP) is 5.06. The van der Waals surface area contributed by atoms with Crippen molar-refractivity contribution in [3.8, 4) is 5.75 Å². The lowest BCUT2D eigenvalue weighted by atomic mass is 10.1. The fourth-order valence-corrected chi connectivity index (χ4v) is 2.03. The Morgan fingerprint density at radius 2 is 1.62 bits per heavy atom. The van der Waals surface area contributed by atoms with Gasteiger partial charge in [-0.25, -0.2) is 0 Å². The van der Waals surface area contributed by atoms with Crippen LogP contribution in [-0.4, -0.2) is 18.0 Å². The third-order valence-electron chi connectivity index (χ3n) is 3.44. The standard InChI is InChI=1S/C19H19F3N2O2/c1-13(23)11-25-18-9-5-16(6-10-18)14(2)24-26-12-15-3-7-17(8-4-15)19(20,21)22/h3-10,23H,11-12H2,1-2H3/b23-13?,24-14+. The highest BCUT2D eigenvalue weighted by Gasteiger charge is 2.29. The Labute approximate surface area is 149 Å². The molecule has 0 unspecified atom stereocenters. The molecule has 2 aromatic carbocycles. The van der Waals surface area contributed by atoms with Gasteiger partial charge in [0.05, 0.1) is 11.3 Å². The number of hydrogen-bond donors (Lipinski definition) is 1. The zero-order valence-electron chi connectivity index (χ0n) is 14.4. The zero-order chi connectivity index (χ0) is 19.2. The number of alkyl halides is 3. The van der Waals surface area contributed by atoms with E-state index >= 15 is 0 Å². The second-order valence-corrected chi connectivity index (χ2v) is 5.74. The van der Waals surface area contributed by atoms with Gasteiger partial charge in [0.2, 0.25) is 0 Å². The first kappa shape index (κ1) is 19.5. The molecule has 0 heterocycles. The van der Waals surface area contributed by atoms with Crippen molar-refractivity contribution in [2.45, 2.75) is 26.6 Å². The molecule has 4 nitrogen and oxygen atoms in total. The largest absolute Gasteiger partial charge is 0.488 e. The summed E-state index contributed by atoms with van der Waals surface area (Å²) in [5, 5.41) is 11.3. The van der Waals surface area contributed by atoms with E-state index in [2.05, 4.69) is 5.16 Å². The second kappa shape index (κ2) is 8.51. The zero-order valence-corrected chi connectivity index (χ0v) is 14.4. The minimum absolute atomic E-state index is 0.0787. The van der Waals surface area contributed by atoms with E-state index in [9.17, 15) is 13.2 Å². The van der Waals surface area contributed by atoms with Crippen molar-refractivity contribution in [2.24, 2.45) is 5.16 Å². The second-order valence-electron chi connectivity index (χ2n) is 5.74. The highest BCUT2D eigenvalue weighted by Crippen LogP contribution is 2.29. The monoisotopic (exact) mass is 364 g/mol. The number of oxime groups is 1. The maximum absolute atomic E-state index is 12.5. The number of hydrogen-bond acceptors (Lipinski definition) is 4. The lowest BCUT2D eigenvalue weighted by Crippen LogP contribution is -2.06. The molecule has 26 heavy (non-hydrogen) atoms. The van der Waals surface area contributed by atoms with Gasteiger partial charge >= 0.3 is 6.18 Å². The highest BCUT2D eigenvalue weighted by atomic mass is 19.4. The Morgan fingerprint density at radius 3 is 2.15 bits per heavy atom. The third kappa shape index (κ3) is 5.91. The van der Waals surface area contributed by atoms with Crippen LogP contribution in [0.1, 0.15) is 30.5 Å². The van der Waals surface area contributed by atoms with Gasteiger partial charge in [0.25, 0.3) is 0 Å². The van der Waals surface area contributed by atoms with E-state index in [0.717, 1.165) is 17.7 Å². The summed E-state index contributed by atoms with van der Waals surface area (Å²) in [7, 11) is 0. The van der Waals surface area contributed by atoms with Gasteiger partial charge in [0.15, 0.2) is 0 Å². The van der Waals surface area contributed by atoms with Crippen molar-refractivity contribution in [1.29, 1.82) is 5.41 Å². The molecule has 0 aliphatic rings. The van der Waals surface area contributed by atoms with Gasteiger partial charge in [-0.3, -0.25) is 0 Å². The number of halogens is 3. The summed E-state index contributed by atoms with van der Waals surface area (Å²) in [5.41, 5.74) is 1.80. The smallest absolute Gasteiger partial charge is 0.416 e. The topological polar surface area (TPSA) is 54.7 Å². The lowest BCUT2D eigenvalue weighted by Gasteiger charge is -2.08. The molecule has 138 valence electrons. The molecule has 2 aromatic rings. The van der Waals surface area contributed by atoms with Crippen LogP contribution in [0.2, 0.25) is 0 Å². The number of benzene rings is 2. The first-order valence-electron chi connectivity index (χ1n) is 7.85. The van der Waals surface area contributed by atoms with Gasteiger partial charge in [0, 0.05) is 5.71 Å². The van der Waals surface area contributed by atoms with Crippen LogP contribution >= 0.6 is 0 Å². The Morgan fingerprint density at radius 1 is 1.00 bits per heavy atom. The Balaban J connectivity index is 1.90. The van der Waals surface area contributed by atoms with Gasteiger partial charge in [-0.2, -0.15) is 13.2 Å². The average Bonchev–Trinajstić information content (AvgIpc) is 2.60. The lowest BCUT2D eigenvalue weighted by molar-refractivity contribution is -0.137. The molecule has 0 saturated heterocycles. The predicted molar refractivity (Wildman–Crippen MR) is 93.8 cm³/mol. The van der Waals surface area contributed by atoms with Crippen molar-refractivity contribution in [3.63, 3.8) is 0 Å². The minimum Gasteiger partial charge on any atom is -0.488 e. The van der Waals surface area contributed by atoms with Gasteiger partial charge in [-0.15, -0.1) is 0 Å². The van der Waals surface area contributed by atoms with E-state index in [0.29, 0.717) is 22.7 Å². The molecule has 0 saturated carbocycles. The van der Waals surface area contributed by atoms with Crippen molar-refractivity contribution in [2.75, 3.05) is 6.61 Å². The summed E-state index contributed by atoms with van der Waals surface area (Å²) in [5.74, 6) is 0.652. The molecule has 1 N–H and O–H groups in total. The van der Waals surface area contributed by atoms with Gasteiger partial charge in [0.1, 0.15) is 19.0 Å². The summed E-state index contributed by atoms with van der Waals surface area (Å²) >= 11 is 0. The first-order chi connectivity index (χ1) is 12.3. The van der Waals surface area contributed by atoms with Crippen molar-refractivity contribution in [1.82, 2.24) is 0 Å². The Hall–Kier alpha value is -2.83. The van der Waals surface area contributed by atoms with Crippen LogP contribution in [-0.2, 0) is 17.6 Å². The van der Waals surface area contributed by atoms with Crippen LogP contribution < -0.4 is 4.74 Å². The average molecular weight is 364 g/mol. The van der Waals surface area contributed by atoms with Gasteiger partial charge in [-0.1, -0.05) is 17.3 Å². The highest BCUT2D eigenvalue weighted by molar-refractivity contribution is 5.98. The maximum atomic E-state index is 12.5. The SMILES string of the molecule is CC(=N)COc1ccc(/C(C)=N/OCc2ccc(C(F)(F)F)cc2)cc1. The number of nitrogens with one attached hydrogen (secondary N) is 1. The molecule has 0 aromatic heterocycles.